The Hall–Kier alpha value is -1.02. The van der Waals surface area contributed by atoms with Gasteiger partial charge in [-0.2, -0.15) is 0 Å². The maximum Gasteiger partial charge on any atom is 0.0346 e. The molecule has 0 bridgehead atoms. The molecule has 1 saturated carbocycles. The third-order valence-electron chi connectivity index (χ3n) is 3.97. The van der Waals surface area contributed by atoms with E-state index in [1.54, 1.807) is 0 Å². The number of nitrogens with one attached hydrogen (secondary N) is 2. The van der Waals surface area contributed by atoms with Crippen molar-refractivity contribution in [2.24, 2.45) is 5.92 Å². The van der Waals surface area contributed by atoms with Crippen LogP contribution < -0.4 is 10.6 Å². The second kappa shape index (κ2) is 6.06. The monoisotopic (exact) mass is 232 g/mol. The first kappa shape index (κ1) is 12.4. The first-order valence-electron chi connectivity index (χ1n) is 6.80. The van der Waals surface area contributed by atoms with Gasteiger partial charge in [-0.25, -0.2) is 0 Å². The Bertz CT molecular complexity index is 343. The van der Waals surface area contributed by atoms with Crippen LogP contribution in [0.3, 0.4) is 0 Å². The van der Waals surface area contributed by atoms with Crippen LogP contribution in [0.15, 0.2) is 24.3 Å². The lowest BCUT2D eigenvalue weighted by Gasteiger charge is -2.30. The average Bonchev–Trinajstić information content (AvgIpc) is 2.41. The molecule has 2 nitrogen and oxygen atoms in total. The van der Waals surface area contributed by atoms with Crippen LogP contribution in [0.2, 0.25) is 0 Å². The highest BCUT2D eigenvalue weighted by atomic mass is 14.9. The summed E-state index contributed by atoms with van der Waals surface area (Å²) in [4.78, 5) is 0. The van der Waals surface area contributed by atoms with Gasteiger partial charge in [0, 0.05) is 18.8 Å². The number of hydrogen-bond donors (Lipinski definition) is 2. The average molecular weight is 232 g/mol. The van der Waals surface area contributed by atoms with Gasteiger partial charge in [0.05, 0.1) is 0 Å². The van der Waals surface area contributed by atoms with E-state index in [4.69, 9.17) is 0 Å². The fourth-order valence-electron chi connectivity index (χ4n) is 3.03. The molecule has 0 amide bonds. The molecule has 1 atom stereocenters. The third kappa shape index (κ3) is 3.01. The number of benzene rings is 1. The molecular formula is C15H24N2. The van der Waals surface area contributed by atoms with E-state index in [0.717, 1.165) is 5.92 Å². The van der Waals surface area contributed by atoms with Crippen molar-refractivity contribution in [3.63, 3.8) is 0 Å². The Morgan fingerprint density at radius 2 is 1.88 bits per heavy atom. The smallest absolute Gasteiger partial charge is 0.0346 e. The minimum absolute atomic E-state index is 0.517. The van der Waals surface area contributed by atoms with E-state index in [1.165, 1.54) is 43.4 Å². The SMILES string of the molecule is CNc1cccc(C(NC)C2CCCCC2)c1. The van der Waals surface area contributed by atoms with Gasteiger partial charge in [0.2, 0.25) is 0 Å². The summed E-state index contributed by atoms with van der Waals surface area (Å²) >= 11 is 0. The fraction of sp³-hybridized carbons (Fsp3) is 0.600. The second-order valence-corrected chi connectivity index (χ2v) is 5.04. The summed E-state index contributed by atoms with van der Waals surface area (Å²) in [6, 6.07) is 9.31. The minimum Gasteiger partial charge on any atom is -0.388 e. The zero-order valence-electron chi connectivity index (χ0n) is 11.0. The number of hydrogen-bond acceptors (Lipinski definition) is 2. The molecule has 17 heavy (non-hydrogen) atoms. The van der Waals surface area contributed by atoms with Gasteiger partial charge in [0.1, 0.15) is 0 Å². The molecule has 0 aliphatic heterocycles. The first-order valence-corrected chi connectivity index (χ1v) is 6.80. The van der Waals surface area contributed by atoms with Gasteiger partial charge in [-0.05, 0) is 43.5 Å². The zero-order valence-corrected chi connectivity index (χ0v) is 11.0. The summed E-state index contributed by atoms with van der Waals surface area (Å²) in [5.74, 6) is 0.806. The summed E-state index contributed by atoms with van der Waals surface area (Å²) in [5, 5.41) is 6.73. The summed E-state index contributed by atoms with van der Waals surface area (Å²) in [6.07, 6.45) is 6.96. The molecule has 2 rings (SSSR count). The topological polar surface area (TPSA) is 24.1 Å². The van der Waals surface area contributed by atoms with Crippen LogP contribution in [0.25, 0.3) is 0 Å². The van der Waals surface area contributed by atoms with Crippen molar-refractivity contribution < 1.29 is 0 Å². The van der Waals surface area contributed by atoms with Gasteiger partial charge < -0.3 is 10.6 Å². The van der Waals surface area contributed by atoms with Crippen LogP contribution in [0.4, 0.5) is 5.69 Å². The molecule has 1 aromatic carbocycles. The van der Waals surface area contributed by atoms with Crippen LogP contribution in [-0.2, 0) is 0 Å². The molecule has 0 saturated heterocycles. The van der Waals surface area contributed by atoms with E-state index in [-0.39, 0.29) is 0 Å². The molecule has 1 aliphatic rings. The Morgan fingerprint density at radius 1 is 1.12 bits per heavy atom. The molecule has 0 spiro atoms. The van der Waals surface area contributed by atoms with Gasteiger partial charge >= 0.3 is 0 Å². The van der Waals surface area contributed by atoms with E-state index in [0.29, 0.717) is 6.04 Å². The Morgan fingerprint density at radius 3 is 2.53 bits per heavy atom. The Labute approximate surface area is 105 Å². The summed E-state index contributed by atoms with van der Waals surface area (Å²) in [6.45, 7) is 0. The lowest BCUT2D eigenvalue weighted by atomic mass is 9.81. The largest absolute Gasteiger partial charge is 0.388 e. The Balaban J connectivity index is 2.15. The lowest BCUT2D eigenvalue weighted by molar-refractivity contribution is 0.282. The van der Waals surface area contributed by atoms with Gasteiger partial charge in [-0.15, -0.1) is 0 Å². The highest BCUT2D eigenvalue weighted by Gasteiger charge is 2.23. The summed E-state index contributed by atoms with van der Waals surface area (Å²) in [5.41, 5.74) is 2.63. The Kier molecular flexibility index (Phi) is 4.43. The van der Waals surface area contributed by atoms with E-state index in [1.807, 2.05) is 7.05 Å². The molecule has 0 aromatic heterocycles. The quantitative estimate of drug-likeness (QED) is 0.829. The van der Waals surface area contributed by atoms with Gasteiger partial charge in [-0.1, -0.05) is 31.4 Å². The highest BCUT2D eigenvalue weighted by molar-refractivity contribution is 5.46. The van der Waals surface area contributed by atoms with Crippen molar-refractivity contribution in [1.82, 2.24) is 5.32 Å². The molecule has 1 fully saturated rings. The van der Waals surface area contributed by atoms with Crippen molar-refractivity contribution in [2.45, 2.75) is 38.1 Å². The standard InChI is InChI=1S/C15H24N2/c1-16-14-10-6-9-13(11-14)15(17-2)12-7-4-3-5-8-12/h6,9-12,15-17H,3-5,7-8H2,1-2H3. The highest BCUT2D eigenvalue weighted by Crippen LogP contribution is 2.34. The van der Waals surface area contributed by atoms with E-state index in [9.17, 15) is 0 Å². The molecule has 0 heterocycles. The molecule has 94 valence electrons. The maximum atomic E-state index is 3.51. The molecule has 2 heteroatoms. The molecule has 0 radical (unpaired) electrons. The van der Waals surface area contributed by atoms with Crippen molar-refractivity contribution >= 4 is 5.69 Å². The lowest BCUT2D eigenvalue weighted by Crippen LogP contribution is -2.26. The third-order valence-corrected chi connectivity index (χ3v) is 3.97. The summed E-state index contributed by atoms with van der Waals surface area (Å²) in [7, 11) is 4.07. The normalized spacial score (nSPS) is 18.9. The van der Waals surface area contributed by atoms with E-state index < -0.39 is 0 Å². The molecule has 1 aliphatic carbocycles. The summed E-state index contributed by atoms with van der Waals surface area (Å²) < 4.78 is 0. The number of anilines is 1. The van der Waals surface area contributed by atoms with E-state index >= 15 is 0 Å². The van der Waals surface area contributed by atoms with Crippen LogP contribution in [0.5, 0.6) is 0 Å². The van der Waals surface area contributed by atoms with Gasteiger partial charge in [-0.3, -0.25) is 0 Å². The second-order valence-electron chi connectivity index (χ2n) is 5.04. The number of rotatable bonds is 4. The van der Waals surface area contributed by atoms with Gasteiger partial charge in [0.15, 0.2) is 0 Å². The van der Waals surface area contributed by atoms with Crippen molar-refractivity contribution in [3.8, 4) is 0 Å². The van der Waals surface area contributed by atoms with Crippen molar-refractivity contribution in [2.75, 3.05) is 19.4 Å². The predicted molar refractivity (Wildman–Crippen MR) is 74.4 cm³/mol. The molecule has 2 N–H and O–H groups in total. The molecule has 1 unspecified atom stereocenters. The van der Waals surface area contributed by atoms with Crippen LogP contribution in [0, 0.1) is 5.92 Å². The van der Waals surface area contributed by atoms with Crippen LogP contribution in [-0.4, -0.2) is 14.1 Å². The van der Waals surface area contributed by atoms with Crippen molar-refractivity contribution in [3.05, 3.63) is 29.8 Å². The van der Waals surface area contributed by atoms with E-state index in [2.05, 4.69) is 41.9 Å². The predicted octanol–water partition coefficient (Wildman–Crippen LogP) is 3.57. The van der Waals surface area contributed by atoms with Crippen LogP contribution in [0.1, 0.15) is 43.7 Å². The molecule has 1 aromatic rings. The van der Waals surface area contributed by atoms with Crippen molar-refractivity contribution in [1.29, 1.82) is 0 Å². The maximum absolute atomic E-state index is 3.51. The first-order chi connectivity index (χ1) is 8.35. The fourth-order valence-corrected chi connectivity index (χ4v) is 3.03. The molecular weight excluding hydrogens is 208 g/mol. The minimum atomic E-state index is 0.517. The van der Waals surface area contributed by atoms with Crippen LogP contribution >= 0.6 is 0 Å². The van der Waals surface area contributed by atoms with Gasteiger partial charge in [0.25, 0.3) is 0 Å². The zero-order chi connectivity index (χ0) is 12.1.